The lowest BCUT2D eigenvalue weighted by Gasteiger charge is -2.14. The number of nitrogens with one attached hydrogen (secondary N) is 1. The summed E-state index contributed by atoms with van der Waals surface area (Å²) in [6.07, 6.45) is -4.46. The third-order valence-electron chi connectivity index (χ3n) is 3.70. The average Bonchev–Trinajstić information content (AvgIpc) is 2.49. The number of ether oxygens (including phenoxy) is 1. The molecule has 0 aliphatic heterocycles. The standard InChI is InChI=1S/C18H20F3NO3S/c1-12-9-13(2)17(14(3)10-12)26(23,24)22-7-8-25-16-6-4-5-15(11-16)18(19,20)21/h4-6,9-11,22H,7-8H2,1-3H3. The average molecular weight is 387 g/mol. The molecule has 0 fully saturated rings. The van der Waals surface area contributed by atoms with Crippen molar-refractivity contribution in [1.29, 1.82) is 0 Å². The molecule has 0 saturated heterocycles. The van der Waals surface area contributed by atoms with Gasteiger partial charge in [-0.3, -0.25) is 0 Å². The van der Waals surface area contributed by atoms with Gasteiger partial charge in [0.2, 0.25) is 10.0 Å². The molecule has 4 nitrogen and oxygen atoms in total. The summed E-state index contributed by atoms with van der Waals surface area (Å²) in [6, 6.07) is 8.00. The van der Waals surface area contributed by atoms with E-state index in [1.807, 2.05) is 6.92 Å². The zero-order valence-corrected chi connectivity index (χ0v) is 15.5. The van der Waals surface area contributed by atoms with Crippen LogP contribution in [0.2, 0.25) is 0 Å². The molecule has 0 spiro atoms. The Morgan fingerprint density at radius 2 is 1.65 bits per heavy atom. The quantitative estimate of drug-likeness (QED) is 0.763. The summed E-state index contributed by atoms with van der Waals surface area (Å²) in [5, 5.41) is 0. The zero-order valence-electron chi connectivity index (χ0n) is 14.6. The molecule has 26 heavy (non-hydrogen) atoms. The second-order valence-corrected chi connectivity index (χ2v) is 7.70. The maximum absolute atomic E-state index is 12.7. The largest absolute Gasteiger partial charge is 0.492 e. The first kappa shape index (κ1) is 20.3. The summed E-state index contributed by atoms with van der Waals surface area (Å²) < 4.78 is 70.5. The Labute approximate surface area is 151 Å². The second-order valence-electron chi connectivity index (χ2n) is 6.00. The summed E-state index contributed by atoms with van der Waals surface area (Å²) in [5.41, 5.74) is 1.41. The van der Waals surface area contributed by atoms with Gasteiger partial charge >= 0.3 is 6.18 Å². The van der Waals surface area contributed by atoms with Crippen LogP contribution in [0.5, 0.6) is 5.75 Å². The van der Waals surface area contributed by atoms with Crippen LogP contribution >= 0.6 is 0 Å². The van der Waals surface area contributed by atoms with Gasteiger partial charge in [-0.25, -0.2) is 13.1 Å². The summed E-state index contributed by atoms with van der Waals surface area (Å²) in [6.45, 7) is 5.16. The first-order valence-corrected chi connectivity index (χ1v) is 9.36. The Morgan fingerprint density at radius 3 is 2.23 bits per heavy atom. The molecule has 0 bridgehead atoms. The molecule has 0 saturated carbocycles. The van der Waals surface area contributed by atoms with Gasteiger partial charge in [-0.05, 0) is 50.1 Å². The molecule has 0 aliphatic rings. The molecule has 0 atom stereocenters. The summed E-state index contributed by atoms with van der Waals surface area (Å²) >= 11 is 0. The smallest absolute Gasteiger partial charge is 0.416 e. The Bertz CT molecular complexity index is 870. The molecule has 142 valence electrons. The fourth-order valence-corrected chi connectivity index (χ4v) is 4.23. The Balaban J connectivity index is 2.00. The van der Waals surface area contributed by atoms with E-state index in [2.05, 4.69) is 4.72 Å². The van der Waals surface area contributed by atoms with E-state index in [1.54, 1.807) is 26.0 Å². The normalized spacial score (nSPS) is 12.2. The van der Waals surface area contributed by atoms with Crippen molar-refractivity contribution < 1.29 is 26.3 Å². The highest BCUT2D eigenvalue weighted by atomic mass is 32.2. The summed E-state index contributed by atoms with van der Waals surface area (Å²) in [4.78, 5) is 0.210. The van der Waals surface area contributed by atoms with E-state index in [4.69, 9.17) is 4.74 Å². The SMILES string of the molecule is Cc1cc(C)c(S(=O)(=O)NCCOc2cccc(C(F)(F)F)c2)c(C)c1. The second kappa shape index (κ2) is 7.67. The fraction of sp³-hybridized carbons (Fsp3) is 0.333. The Morgan fingerprint density at radius 1 is 1.04 bits per heavy atom. The molecular formula is C18H20F3NO3S. The fourth-order valence-electron chi connectivity index (χ4n) is 2.77. The van der Waals surface area contributed by atoms with E-state index in [-0.39, 0.29) is 23.8 Å². The molecule has 0 unspecified atom stereocenters. The summed E-state index contributed by atoms with van der Waals surface area (Å²) in [7, 11) is -3.73. The molecule has 0 amide bonds. The van der Waals surface area contributed by atoms with Crippen molar-refractivity contribution in [1.82, 2.24) is 4.72 Å². The van der Waals surface area contributed by atoms with Gasteiger partial charge in [0.05, 0.1) is 10.5 Å². The van der Waals surface area contributed by atoms with Gasteiger partial charge in [0.1, 0.15) is 12.4 Å². The minimum Gasteiger partial charge on any atom is -0.492 e. The van der Waals surface area contributed by atoms with Gasteiger partial charge in [0.15, 0.2) is 0 Å². The zero-order chi connectivity index (χ0) is 19.5. The molecule has 2 rings (SSSR count). The number of aryl methyl sites for hydroxylation is 3. The van der Waals surface area contributed by atoms with Crippen LogP contribution in [-0.2, 0) is 16.2 Å². The molecule has 8 heteroatoms. The third kappa shape index (κ3) is 4.98. The number of rotatable bonds is 6. The Kier molecular flexibility index (Phi) is 5.98. The highest BCUT2D eigenvalue weighted by molar-refractivity contribution is 7.89. The van der Waals surface area contributed by atoms with Crippen molar-refractivity contribution in [2.75, 3.05) is 13.2 Å². The number of hydrogen-bond donors (Lipinski definition) is 1. The highest BCUT2D eigenvalue weighted by Crippen LogP contribution is 2.31. The van der Waals surface area contributed by atoms with Gasteiger partial charge in [0, 0.05) is 6.54 Å². The van der Waals surface area contributed by atoms with Crippen molar-refractivity contribution in [2.45, 2.75) is 31.8 Å². The molecule has 0 aliphatic carbocycles. The van der Waals surface area contributed by atoms with Gasteiger partial charge in [0.25, 0.3) is 0 Å². The predicted octanol–water partition coefficient (Wildman–Crippen LogP) is 3.99. The van der Waals surface area contributed by atoms with Crippen molar-refractivity contribution in [2.24, 2.45) is 0 Å². The van der Waals surface area contributed by atoms with Gasteiger partial charge in [-0.15, -0.1) is 0 Å². The number of benzene rings is 2. The number of sulfonamides is 1. The lowest BCUT2D eigenvalue weighted by Crippen LogP contribution is -2.29. The molecule has 0 heterocycles. The van der Waals surface area contributed by atoms with E-state index in [0.29, 0.717) is 11.1 Å². The lowest BCUT2D eigenvalue weighted by atomic mass is 10.1. The van der Waals surface area contributed by atoms with E-state index in [1.165, 1.54) is 12.1 Å². The number of hydrogen-bond acceptors (Lipinski definition) is 3. The van der Waals surface area contributed by atoms with Gasteiger partial charge in [-0.2, -0.15) is 13.2 Å². The van der Waals surface area contributed by atoms with Crippen molar-refractivity contribution in [3.05, 3.63) is 58.7 Å². The first-order chi connectivity index (χ1) is 12.0. The van der Waals surface area contributed by atoms with E-state index in [0.717, 1.165) is 17.7 Å². The molecule has 0 aromatic heterocycles. The highest BCUT2D eigenvalue weighted by Gasteiger charge is 2.30. The van der Waals surface area contributed by atoms with Crippen molar-refractivity contribution in [3.63, 3.8) is 0 Å². The molecule has 0 radical (unpaired) electrons. The minimum absolute atomic E-state index is 0.0294. The Hall–Kier alpha value is -2.06. The topological polar surface area (TPSA) is 55.4 Å². The maximum Gasteiger partial charge on any atom is 0.416 e. The monoisotopic (exact) mass is 387 g/mol. The molecule has 2 aromatic carbocycles. The van der Waals surface area contributed by atoms with Crippen LogP contribution in [0.4, 0.5) is 13.2 Å². The van der Waals surface area contributed by atoms with E-state index >= 15 is 0 Å². The van der Waals surface area contributed by atoms with Crippen LogP contribution in [0.1, 0.15) is 22.3 Å². The number of halogens is 3. The van der Waals surface area contributed by atoms with Crippen LogP contribution < -0.4 is 9.46 Å². The maximum atomic E-state index is 12.7. The van der Waals surface area contributed by atoms with Crippen LogP contribution in [-0.4, -0.2) is 21.6 Å². The van der Waals surface area contributed by atoms with Crippen molar-refractivity contribution in [3.8, 4) is 5.75 Å². The van der Waals surface area contributed by atoms with Crippen LogP contribution in [0.25, 0.3) is 0 Å². The first-order valence-electron chi connectivity index (χ1n) is 7.88. The minimum atomic E-state index is -4.46. The van der Waals surface area contributed by atoms with Crippen LogP contribution in [0.3, 0.4) is 0 Å². The summed E-state index contributed by atoms with van der Waals surface area (Å²) in [5.74, 6) is 0.0294. The predicted molar refractivity (Wildman–Crippen MR) is 92.8 cm³/mol. The van der Waals surface area contributed by atoms with E-state index in [9.17, 15) is 21.6 Å². The van der Waals surface area contributed by atoms with Crippen LogP contribution in [0, 0.1) is 20.8 Å². The van der Waals surface area contributed by atoms with Gasteiger partial charge in [-0.1, -0.05) is 23.8 Å². The molecule has 2 aromatic rings. The molecular weight excluding hydrogens is 367 g/mol. The number of alkyl halides is 3. The van der Waals surface area contributed by atoms with E-state index < -0.39 is 21.8 Å². The van der Waals surface area contributed by atoms with Gasteiger partial charge < -0.3 is 4.74 Å². The third-order valence-corrected chi connectivity index (χ3v) is 5.46. The molecule has 1 N–H and O–H groups in total. The van der Waals surface area contributed by atoms with Crippen molar-refractivity contribution >= 4 is 10.0 Å². The lowest BCUT2D eigenvalue weighted by molar-refractivity contribution is -0.137. The van der Waals surface area contributed by atoms with Crippen LogP contribution in [0.15, 0.2) is 41.3 Å².